The molecule has 0 saturated heterocycles. The van der Waals surface area contributed by atoms with Gasteiger partial charge in [-0.15, -0.1) is 0 Å². The first kappa shape index (κ1) is 14.4. The van der Waals surface area contributed by atoms with Crippen molar-refractivity contribution in [3.63, 3.8) is 0 Å². The lowest BCUT2D eigenvalue weighted by Crippen LogP contribution is -2.39. The van der Waals surface area contributed by atoms with Crippen molar-refractivity contribution in [3.05, 3.63) is 34.6 Å². The highest BCUT2D eigenvalue weighted by Crippen LogP contribution is 2.21. The molecule has 0 spiro atoms. The molecule has 1 rings (SSSR count). The van der Waals surface area contributed by atoms with Gasteiger partial charge in [-0.1, -0.05) is 17.7 Å². The smallest absolute Gasteiger partial charge is 0.127 e. The second kappa shape index (κ2) is 6.91. The van der Waals surface area contributed by atoms with Crippen LogP contribution in [0.25, 0.3) is 0 Å². The van der Waals surface area contributed by atoms with Crippen molar-refractivity contribution >= 4 is 11.6 Å². The van der Waals surface area contributed by atoms with Gasteiger partial charge in [-0.25, -0.2) is 4.39 Å². The van der Waals surface area contributed by atoms with Gasteiger partial charge in [-0.3, -0.25) is 11.3 Å². The number of hydrogen-bond acceptors (Lipinski definition) is 3. The normalized spacial score (nSPS) is 14.6. The van der Waals surface area contributed by atoms with Gasteiger partial charge in [0.25, 0.3) is 0 Å². The summed E-state index contributed by atoms with van der Waals surface area (Å²) in [5, 5.41) is 0.426. The molecule has 96 valence electrons. The zero-order valence-corrected chi connectivity index (χ0v) is 10.8. The topological polar surface area (TPSA) is 47.3 Å². The predicted molar refractivity (Wildman–Crippen MR) is 67.3 cm³/mol. The van der Waals surface area contributed by atoms with Crippen molar-refractivity contribution in [1.82, 2.24) is 5.43 Å². The maximum atomic E-state index is 13.6. The Kier molecular flexibility index (Phi) is 5.85. The second-order valence-electron chi connectivity index (χ2n) is 4.05. The van der Waals surface area contributed by atoms with E-state index in [9.17, 15) is 4.39 Å². The SMILES string of the molecule is COC(C)CC(Cc1c(F)cccc1Cl)NN. The Hall–Kier alpha value is -0.680. The van der Waals surface area contributed by atoms with E-state index < -0.39 is 0 Å². The molecule has 0 aromatic heterocycles. The molecule has 2 unspecified atom stereocenters. The summed E-state index contributed by atoms with van der Waals surface area (Å²) in [5.41, 5.74) is 3.15. The summed E-state index contributed by atoms with van der Waals surface area (Å²) in [4.78, 5) is 0. The monoisotopic (exact) mass is 260 g/mol. The van der Waals surface area contributed by atoms with Gasteiger partial charge in [0.2, 0.25) is 0 Å². The molecule has 1 aromatic carbocycles. The Morgan fingerprint density at radius 3 is 2.76 bits per heavy atom. The zero-order chi connectivity index (χ0) is 12.8. The van der Waals surface area contributed by atoms with Gasteiger partial charge < -0.3 is 4.74 Å². The summed E-state index contributed by atoms with van der Waals surface area (Å²) in [7, 11) is 1.63. The van der Waals surface area contributed by atoms with Crippen LogP contribution in [0.1, 0.15) is 18.9 Å². The van der Waals surface area contributed by atoms with E-state index >= 15 is 0 Å². The van der Waals surface area contributed by atoms with Crippen LogP contribution in [0.2, 0.25) is 5.02 Å². The molecule has 2 atom stereocenters. The lowest BCUT2D eigenvalue weighted by molar-refractivity contribution is 0.100. The molecule has 0 aliphatic rings. The molecule has 0 bridgehead atoms. The minimum absolute atomic E-state index is 0.0570. The predicted octanol–water partition coefficient (Wildman–Crippen LogP) is 2.28. The molecule has 5 heteroatoms. The lowest BCUT2D eigenvalue weighted by atomic mass is 10.0. The molecular formula is C12H18ClFN2O. The van der Waals surface area contributed by atoms with Gasteiger partial charge in [0.15, 0.2) is 0 Å². The molecule has 0 aliphatic carbocycles. The number of methoxy groups -OCH3 is 1. The first-order valence-corrected chi connectivity index (χ1v) is 5.88. The van der Waals surface area contributed by atoms with Crippen LogP contribution in [-0.2, 0) is 11.2 Å². The van der Waals surface area contributed by atoms with E-state index in [1.807, 2.05) is 6.92 Å². The fraction of sp³-hybridized carbons (Fsp3) is 0.500. The maximum absolute atomic E-state index is 13.6. The lowest BCUT2D eigenvalue weighted by Gasteiger charge is -2.20. The van der Waals surface area contributed by atoms with Crippen LogP contribution >= 0.6 is 11.6 Å². The van der Waals surface area contributed by atoms with E-state index in [4.69, 9.17) is 22.2 Å². The van der Waals surface area contributed by atoms with E-state index in [0.29, 0.717) is 23.4 Å². The van der Waals surface area contributed by atoms with Crippen LogP contribution in [0.3, 0.4) is 0 Å². The summed E-state index contributed by atoms with van der Waals surface area (Å²) in [6.07, 6.45) is 1.19. The van der Waals surface area contributed by atoms with E-state index in [-0.39, 0.29) is 18.0 Å². The Morgan fingerprint density at radius 1 is 1.53 bits per heavy atom. The minimum atomic E-state index is -0.303. The van der Waals surface area contributed by atoms with Gasteiger partial charge in [-0.05, 0) is 31.9 Å². The van der Waals surface area contributed by atoms with Gasteiger partial charge >= 0.3 is 0 Å². The number of hydrazine groups is 1. The van der Waals surface area contributed by atoms with Crippen molar-refractivity contribution in [1.29, 1.82) is 0 Å². The molecular weight excluding hydrogens is 243 g/mol. The Bertz CT molecular complexity index is 342. The van der Waals surface area contributed by atoms with Gasteiger partial charge in [-0.2, -0.15) is 0 Å². The fourth-order valence-corrected chi connectivity index (χ4v) is 1.92. The Morgan fingerprint density at radius 2 is 2.24 bits per heavy atom. The molecule has 17 heavy (non-hydrogen) atoms. The summed E-state index contributed by atoms with van der Waals surface area (Å²) in [6.45, 7) is 1.94. The highest BCUT2D eigenvalue weighted by molar-refractivity contribution is 6.31. The van der Waals surface area contributed by atoms with E-state index in [0.717, 1.165) is 0 Å². The molecule has 0 saturated carbocycles. The third-order valence-electron chi connectivity index (χ3n) is 2.77. The molecule has 0 aliphatic heterocycles. The van der Waals surface area contributed by atoms with Gasteiger partial charge in [0.1, 0.15) is 5.82 Å². The third kappa shape index (κ3) is 4.24. The van der Waals surface area contributed by atoms with Crippen LogP contribution in [0.15, 0.2) is 18.2 Å². The van der Waals surface area contributed by atoms with Crippen molar-refractivity contribution < 1.29 is 9.13 Å². The Labute approximate surface area is 106 Å². The van der Waals surface area contributed by atoms with Crippen molar-refractivity contribution in [2.45, 2.75) is 31.9 Å². The maximum Gasteiger partial charge on any atom is 0.127 e. The Balaban J connectivity index is 2.73. The number of nitrogens with one attached hydrogen (secondary N) is 1. The largest absolute Gasteiger partial charge is 0.382 e. The van der Waals surface area contributed by atoms with E-state index in [1.165, 1.54) is 6.07 Å². The van der Waals surface area contributed by atoms with Crippen molar-refractivity contribution in [2.75, 3.05) is 7.11 Å². The zero-order valence-electron chi connectivity index (χ0n) is 10.0. The van der Waals surface area contributed by atoms with E-state index in [2.05, 4.69) is 5.43 Å². The van der Waals surface area contributed by atoms with Crippen LogP contribution in [0.5, 0.6) is 0 Å². The van der Waals surface area contributed by atoms with Crippen LogP contribution in [0.4, 0.5) is 4.39 Å². The van der Waals surface area contributed by atoms with Crippen LogP contribution < -0.4 is 11.3 Å². The quantitative estimate of drug-likeness (QED) is 0.609. The third-order valence-corrected chi connectivity index (χ3v) is 3.12. The number of ether oxygens (including phenoxy) is 1. The number of halogens is 2. The number of nitrogens with two attached hydrogens (primary N) is 1. The molecule has 3 nitrogen and oxygen atoms in total. The van der Waals surface area contributed by atoms with Crippen LogP contribution in [0, 0.1) is 5.82 Å². The minimum Gasteiger partial charge on any atom is -0.382 e. The van der Waals surface area contributed by atoms with E-state index in [1.54, 1.807) is 19.2 Å². The fourth-order valence-electron chi connectivity index (χ4n) is 1.68. The molecule has 0 heterocycles. The molecule has 0 radical (unpaired) electrons. The summed E-state index contributed by atoms with van der Waals surface area (Å²) >= 11 is 5.96. The number of rotatable bonds is 6. The molecule has 1 aromatic rings. The standard InChI is InChI=1S/C12H18ClFN2O/c1-8(17-2)6-9(16-15)7-10-11(13)4-3-5-12(10)14/h3-5,8-9,16H,6-7,15H2,1-2H3. The summed E-state index contributed by atoms with van der Waals surface area (Å²) < 4.78 is 18.7. The average molecular weight is 261 g/mol. The summed E-state index contributed by atoms with van der Waals surface area (Å²) in [5.74, 6) is 5.15. The van der Waals surface area contributed by atoms with Crippen molar-refractivity contribution in [2.24, 2.45) is 5.84 Å². The van der Waals surface area contributed by atoms with Gasteiger partial charge in [0, 0.05) is 23.7 Å². The highest BCUT2D eigenvalue weighted by Gasteiger charge is 2.16. The highest BCUT2D eigenvalue weighted by atomic mass is 35.5. The molecule has 0 fully saturated rings. The molecule has 0 amide bonds. The molecule has 3 N–H and O–H groups in total. The average Bonchev–Trinajstić information content (AvgIpc) is 2.32. The summed E-state index contributed by atoms with van der Waals surface area (Å²) in [6, 6.07) is 4.59. The number of benzene rings is 1. The van der Waals surface area contributed by atoms with Crippen molar-refractivity contribution in [3.8, 4) is 0 Å². The van der Waals surface area contributed by atoms with Crippen LogP contribution in [-0.4, -0.2) is 19.3 Å². The number of hydrogen-bond donors (Lipinski definition) is 2. The first-order valence-electron chi connectivity index (χ1n) is 5.50. The first-order chi connectivity index (χ1) is 8.08. The van der Waals surface area contributed by atoms with Gasteiger partial charge in [0.05, 0.1) is 6.10 Å². The second-order valence-corrected chi connectivity index (χ2v) is 4.46.